The number of hydrogen-bond acceptors (Lipinski definition) is 2. The van der Waals surface area contributed by atoms with Gasteiger partial charge in [-0.1, -0.05) is 42.5 Å². The topological polar surface area (TPSA) is 23.5 Å². The summed E-state index contributed by atoms with van der Waals surface area (Å²) in [6.45, 7) is 5.14. The van der Waals surface area contributed by atoms with Crippen LogP contribution in [-0.4, -0.2) is 35.7 Å². The average Bonchev–Trinajstić information content (AvgIpc) is 2.40. The lowest BCUT2D eigenvalue weighted by molar-refractivity contribution is 0.0756. The van der Waals surface area contributed by atoms with Gasteiger partial charge in [0.05, 0.1) is 6.10 Å². The van der Waals surface area contributed by atoms with Crippen LogP contribution in [0.5, 0.6) is 0 Å². The fourth-order valence-electron chi connectivity index (χ4n) is 2.52. The SMILES string of the molecule is CC(O)C1CCN(C/C=C/c2ccccc2)CC1. The van der Waals surface area contributed by atoms with E-state index in [1.807, 2.05) is 13.0 Å². The van der Waals surface area contributed by atoms with Crippen molar-refractivity contribution in [2.75, 3.05) is 19.6 Å². The molecule has 1 N–H and O–H groups in total. The third-order valence-electron chi connectivity index (χ3n) is 3.79. The number of rotatable bonds is 4. The molecule has 0 radical (unpaired) electrons. The van der Waals surface area contributed by atoms with Crippen LogP contribution in [0.2, 0.25) is 0 Å². The summed E-state index contributed by atoms with van der Waals surface area (Å²) in [4.78, 5) is 2.46. The van der Waals surface area contributed by atoms with Gasteiger partial charge in [-0.25, -0.2) is 0 Å². The highest BCUT2D eigenvalue weighted by molar-refractivity contribution is 5.48. The average molecular weight is 245 g/mol. The van der Waals surface area contributed by atoms with E-state index in [0.717, 1.165) is 32.5 Å². The summed E-state index contributed by atoms with van der Waals surface area (Å²) in [6, 6.07) is 10.4. The van der Waals surface area contributed by atoms with E-state index in [2.05, 4.69) is 41.3 Å². The standard InChI is InChI=1S/C16H23NO/c1-14(18)16-9-12-17(13-10-16)11-5-8-15-6-3-2-4-7-15/h2-8,14,16,18H,9-13H2,1H3/b8-5+. The van der Waals surface area contributed by atoms with Gasteiger partial charge in [0.2, 0.25) is 0 Å². The Kier molecular flexibility index (Phi) is 4.97. The van der Waals surface area contributed by atoms with E-state index < -0.39 is 0 Å². The normalized spacial score (nSPS) is 20.3. The lowest BCUT2D eigenvalue weighted by Crippen LogP contribution is -2.37. The number of nitrogens with zero attached hydrogens (tertiary/aromatic N) is 1. The second kappa shape index (κ2) is 6.72. The van der Waals surface area contributed by atoms with E-state index in [-0.39, 0.29) is 6.10 Å². The Bertz CT molecular complexity index is 364. The van der Waals surface area contributed by atoms with Crippen molar-refractivity contribution in [2.45, 2.75) is 25.9 Å². The van der Waals surface area contributed by atoms with Gasteiger partial charge in [-0.05, 0) is 44.3 Å². The quantitative estimate of drug-likeness (QED) is 0.881. The fourth-order valence-corrected chi connectivity index (χ4v) is 2.52. The van der Waals surface area contributed by atoms with Crippen molar-refractivity contribution in [3.8, 4) is 0 Å². The van der Waals surface area contributed by atoms with Gasteiger partial charge in [0.15, 0.2) is 0 Å². The Balaban J connectivity index is 1.74. The summed E-state index contributed by atoms with van der Waals surface area (Å²) in [5.74, 6) is 0.499. The van der Waals surface area contributed by atoms with Crippen LogP contribution in [0, 0.1) is 5.92 Å². The number of likely N-dealkylation sites (tertiary alicyclic amines) is 1. The summed E-state index contributed by atoms with van der Waals surface area (Å²) in [6.07, 6.45) is 6.51. The van der Waals surface area contributed by atoms with E-state index >= 15 is 0 Å². The van der Waals surface area contributed by atoms with E-state index in [4.69, 9.17) is 0 Å². The van der Waals surface area contributed by atoms with E-state index in [1.165, 1.54) is 5.56 Å². The van der Waals surface area contributed by atoms with Crippen LogP contribution in [0.15, 0.2) is 36.4 Å². The maximum Gasteiger partial charge on any atom is 0.0541 e. The summed E-state index contributed by atoms with van der Waals surface area (Å²) in [5.41, 5.74) is 1.26. The van der Waals surface area contributed by atoms with Crippen molar-refractivity contribution in [3.05, 3.63) is 42.0 Å². The first-order valence-corrected chi connectivity index (χ1v) is 6.88. The van der Waals surface area contributed by atoms with Crippen LogP contribution < -0.4 is 0 Å². The monoisotopic (exact) mass is 245 g/mol. The molecule has 18 heavy (non-hydrogen) atoms. The van der Waals surface area contributed by atoms with Gasteiger partial charge in [0.25, 0.3) is 0 Å². The molecule has 2 nitrogen and oxygen atoms in total. The highest BCUT2D eigenvalue weighted by Crippen LogP contribution is 2.20. The van der Waals surface area contributed by atoms with Gasteiger partial charge in [0, 0.05) is 6.54 Å². The second-order valence-electron chi connectivity index (χ2n) is 5.19. The van der Waals surface area contributed by atoms with Crippen molar-refractivity contribution in [2.24, 2.45) is 5.92 Å². The first kappa shape index (κ1) is 13.3. The highest BCUT2D eigenvalue weighted by Gasteiger charge is 2.21. The smallest absolute Gasteiger partial charge is 0.0541 e. The summed E-state index contributed by atoms with van der Waals surface area (Å²) >= 11 is 0. The van der Waals surface area contributed by atoms with E-state index in [1.54, 1.807) is 0 Å². The van der Waals surface area contributed by atoms with Gasteiger partial charge in [0.1, 0.15) is 0 Å². The van der Waals surface area contributed by atoms with Gasteiger partial charge >= 0.3 is 0 Å². The molecule has 1 heterocycles. The zero-order valence-corrected chi connectivity index (χ0v) is 11.1. The minimum absolute atomic E-state index is 0.146. The van der Waals surface area contributed by atoms with Crippen molar-refractivity contribution in [3.63, 3.8) is 0 Å². The van der Waals surface area contributed by atoms with Crippen LogP contribution in [0.1, 0.15) is 25.3 Å². The largest absolute Gasteiger partial charge is 0.393 e. The molecule has 0 aliphatic carbocycles. The van der Waals surface area contributed by atoms with Crippen molar-refractivity contribution in [1.29, 1.82) is 0 Å². The van der Waals surface area contributed by atoms with Gasteiger partial charge in [-0.2, -0.15) is 0 Å². The van der Waals surface area contributed by atoms with Crippen molar-refractivity contribution >= 4 is 6.08 Å². The van der Waals surface area contributed by atoms with Gasteiger partial charge in [-0.3, -0.25) is 4.90 Å². The van der Waals surface area contributed by atoms with Crippen LogP contribution >= 0.6 is 0 Å². The molecule has 0 saturated carbocycles. The van der Waals surface area contributed by atoms with Gasteiger partial charge < -0.3 is 5.11 Å². The van der Waals surface area contributed by atoms with Crippen molar-refractivity contribution in [1.82, 2.24) is 4.90 Å². The molecule has 1 saturated heterocycles. The first-order valence-electron chi connectivity index (χ1n) is 6.88. The second-order valence-corrected chi connectivity index (χ2v) is 5.19. The van der Waals surface area contributed by atoms with Crippen LogP contribution in [0.4, 0.5) is 0 Å². The number of aliphatic hydroxyl groups is 1. The molecule has 98 valence electrons. The van der Waals surface area contributed by atoms with E-state index in [0.29, 0.717) is 5.92 Å². The molecule has 1 unspecified atom stereocenters. The van der Waals surface area contributed by atoms with Crippen LogP contribution in [-0.2, 0) is 0 Å². The molecule has 1 aromatic rings. The molecule has 2 heteroatoms. The lowest BCUT2D eigenvalue weighted by Gasteiger charge is -2.32. The molecule has 1 aliphatic rings. The number of aliphatic hydroxyl groups excluding tert-OH is 1. The molecule has 0 aromatic heterocycles. The summed E-state index contributed by atoms with van der Waals surface area (Å²) in [5, 5.41) is 9.56. The molecule has 1 fully saturated rings. The zero-order valence-electron chi connectivity index (χ0n) is 11.1. The number of hydrogen-bond donors (Lipinski definition) is 1. The first-order chi connectivity index (χ1) is 8.75. The Morgan fingerprint density at radius 1 is 1.28 bits per heavy atom. The number of piperidine rings is 1. The van der Waals surface area contributed by atoms with Crippen molar-refractivity contribution < 1.29 is 5.11 Å². The molecule has 0 amide bonds. The third kappa shape index (κ3) is 3.97. The Hall–Kier alpha value is -1.12. The maximum atomic E-state index is 9.56. The van der Waals surface area contributed by atoms with Gasteiger partial charge in [-0.15, -0.1) is 0 Å². The van der Waals surface area contributed by atoms with Crippen LogP contribution in [0.3, 0.4) is 0 Å². The molecule has 0 bridgehead atoms. The molecular weight excluding hydrogens is 222 g/mol. The molecule has 2 rings (SSSR count). The summed E-state index contributed by atoms with van der Waals surface area (Å²) < 4.78 is 0. The van der Waals surface area contributed by atoms with Crippen LogP contribution in [0.25, 0.3) is 6.08 Å². The Morgan fingerprint density at radius 3 is 2.56 bits per heavy atom. The predicted molar refractivity (Wildman–Crippen MR) is 76.3 cm³/mol. The summed E-state index contributed by atoms with van der Waals surface area (Å²) in [7, 11) is 0. The molecule has 1 atom stereocenters. The fraction of sp³-hybridized carbons (Fsp3) is 0.500. The molecule has 0 spiro atoms. The lowest BCUT2D eigenvalue weighted by atomic mass is 9.92. The molecule has 1 aromatic carbocycles. The predicted octanol–water partition coefficient (Wildman–Crippen LogP) is 2.79. The third-order valence-corrected chi connectivity index (χ3v) is 3.79. The minimum atomic E-state index is -0.146. The molecular formula is C16H23NO. The highest BCUT2D eigenvalue weighted by atomic mass is 16.3. The molecule has 1 aliphatic heterocycles. The Morgan fingerprint density at radius 2 is 1.94 bits per heavy atom. The van der Waals surface area contributed by atoms with E-state index in [9.17, 15) is 5.11 Å². The minimum Gasteiger partial charge on any atom is -0.393 e. The maximum absolute atomic E-state index is 9.56. The zero-order chi connectivity index (χ0) is 12.8. The number of benzene rings is 1. The Labute approximate surface area is 110 Å².